The molecule has 0 saturated carbocycles. The molecule has 0 aromatic carbocycles. The lowest BCUT2D eigenvalue weighted by atomic mass is 9.71. The maximum atomic E-state index is 13.7. The number of likely N-dealkylation sites (tertiary alicyclic amines) is 2. The molecule has 2 saturated heterocycles. The van der Waals surface area contributed by atoms with E-state index in [1.54, 1.807) is 0 Å². The van der Waals surface area contributed by atoms with Crippen molar-refractivity contribution < 1.29 is 14.4 Å². The third-order valence-electron chi connectivity index (χ3n) is 7.37. The van der Waals surface area contributed by atoms with Gasteiger partial charge in [0.25, 0.3) is 0 Å². The molecule has 158 valence electrons. The molecule has 2 fully saturated rings. The van der Waals surface area contributed by atoms with Gasteiger partial charge < -0.3 is 4.90 Å². The molecule has 4 atom stereocenters. The number of allylic oxidation sites excluding steroid dienone is 4. The Kier molecular flexibility index (Phi) is 5.67. The van der Waals surface area contributed by atoms with E-state index in [2.05, 4.69) is 26.0 Å². The van der Waals surface area contributed by atoms with Crippen molar-refractivity contribution in [2.45, 2.75) is 71.3 Å². The normalized spacial score (nSPS) is 32.9. The summed E-state index contributed by atoms with van der Waals surface area (Å²) in [5.74, 6) is -0.578. The van der Waals surface area contributed by atoms with Gasteiger partial charge in [-0.05, 0) is 62.7 Å². The first-order valence-electron chi connectivity index (χ1n) is 11.4. The highest BCUT2D eigenvalue weighted by atomic mass is 16.2. The number of carbonyl (C=O) groups excluding carboxylic acids is 3. The highest BCUT2D eigenvalue weighted by molar-refractivity contribution is 6.08. The minimum Gasteiger partial charge on any atom is -0.340 e. The van der Waals surface area contributed by atoms with Gasteiger partial charge in [0.1, 0.15) is 6.04 Å². The number of nitrogens with zero attached hydrogens (tertiary/aromatic N) is 2. The maximum absolute atomic E-state index is 13.7. The second-order valence-electron chi connectivity index (χ2n) is 9.93. The Hall–Kier alpha value is -1.91. The Morgan fingerprint density at radius 2 is 1.76 bits per heavy atom. The molecule has 2 heterocycles. The molecule has 5 nitrogen and oxygen atoms in total. The first-order chi connectivity index (χ1) is 13.9. The molecule has 4 aliphatic rings. The van der Waals surface area contributed by atoms with Crippen LogP contribution in [0.5, 0.6) is 0 Å². The molecule has 4 rings (SSSR count). The van der Waals surface area contributed by atoms with Crippen molar-refractivity contribution in [2.24, 2.45) is 23.2 Å². The fraction of sp³-hybridized carbons (Fsp3) is 0.708. The highest BCUT2D eigenvalue weighted by Crippen LogP contribution is 2.42. The van der Waals surface area contributed by atoms with Crippen molar-refractivity contribution in [1.82, 2.24) is 9.80 Å². The van der Waals surface area contributed by atoms with Crippen LogP contribution in [0.1, 0.15) is 65.2 Å². The lowest BCUT2D eigenvalue weighted by molar-refractivity contribution is -0.154. The van der Waals surface area contributed by atoms with E-state index in [9.17, 15) is 14.4 Å². The fourth-order valence-electron chi connectivity index (χ4n) is 5.82. The SMILES string of the molecule is CC(C)C[C@H](C(=O)N1CCC[C@]2(CC=CCC2)C1)N1C(=O)[C@H]2CC=CC[C@H]2C1=O. The van der Waals surface area contributed by atoms with Crippen LogP contribution in [0.15, 0.2) is 24.3 Å². The van der Waals surface area contributed by atoms with Crippen molar-refractivity contribution in [3.63, 3.8) is 0 Å². The Labute approximate surface area is 174 Å². The summed E-state index contributed by atoms with van der Waals surface area (Å²) in [4.78, 5) is 43.3. The summed E-state index contributed by atoms with van der Waals surface area (Å²) in [6.07, 6.45) is 15.7. The zero-order chi connectivity index (χ0) is 20.6. The molecular formula is C24H34N2O3. The number of fused-ring (bicyclic) bond motifs is 1. The molecule has 0 radical (unpaired) electrons. The average molecular weight is 399 g/mol. The van der Waals surface area contributed by atoms with Gasteiger partial charge in [-0.3, -0.25) is 19.3 Å². The zero-order valence-corrected chi connectivity index (χ0v) is 17.8. The van der Waals surface area contributed by atoms with Gasteiger partial charge in [0.15, 0.2) is 0 Å². The quantitative estimate of drug-likeness (QED) is 0.536. The summed E-state index contributed by atoms with van der Waals surface area (Å²) in [7, 11) is 0. The molecule has 2 aliphatic carbocycles. The number of piperidine rings is 1. The van der Waals surface area contributed by atoms with Gasteiger partial charge in [0.2, 0.25) is 17.7 Å². The van der Waals surface area contributed by atoms with Crippen molar-refractivity contribution in [3.05, 3.63) is 24.3 Å². The van der Waals surface area contributed by atoms with E-state index < -0.39 is 6.04 Å². The summed E-state index contributed by atoms with van der Waals surface area (Å²) in [6, 6.07) is -0.644. The van der Waals surface area contributed by atoms with Gasteiger partial charge >= 0.3 is 0 Å². The largest absolute Gasteiger partial charge is 0.340 e. The Bertz CT molecular complexity index is 714. The van der Waals surface area contributed by atoms with E-state index in [0.717, 1.165) is 45.2 Å². The van der Waals surface area contributed by atoms with Gasteiger partial charge in [-0.2, -0.15) is 0 Å². The van der Waals surface area contributed by atoms with Crippen molar-refractivity contribution in [1.29, 1.82) is 0 Å². The van der Waals surface area contributed by atoms with Gasteiger partial charge in [-0.1, -0.05) is 38.2 Å². The summed E-state index contributed by atoms with van der Waals surface area (Å²) in [5.41, 5.74) is 0.183. The summed E-state index contributed by atoms with van der Waals surface area (Å²) in [5, 5.41) is 0. The minimum atomic E-state index is -0.644. The van der Waals surface area contributed by atoms with Crippen molar-refractivity contribution >= 4 is 17.7 Å². The second kappa shape index (κ2) is 8.08. The van der Waals surface area contributed by atoms with E-state index in [0.29, 0.717) is 19.3 Å². The molecule has 1 spiro atoms. The molecule has 29 heavy (non-hydrogen) atoms. The molecule has 0 bridgehead atoms. The highest BCUT2D eigenvalue weighted by Gasteiger charge is 2.52. The van der Waals surface area contributed by atoms with E-state index in [1.807, 2.05) is 17.1 Å². The predicted octanol–water partition coefficient (Wildman–Crippen LogP) is 3.70. The number of rotatable bonds is 4. The molecule has 0 aromatic rings. The molecule has 0 N–H and O–H groups in total. The van der Waals surface area contributed by atoms with E-state index in [1.165, 1.54) is 4.90 Å². The summed E-state index contributed by atoms with van der Waals surface area (Å²) < 4.78 is 0. The Morgan fingerprint density at radius 1 is 1.07 bits per heavy atom. The van der Waals surface area contributed by atoms with Crippen LogP contribution in [0.3, 0.4) is 0 Å². The van der Waals surface area contributed by atoms with E-state index in [4.69, 9.17) is 0 Å². The molecule has 0 unspecified atom stereocenters. The van der Waals surface area contributed by atoms with Crippen LogP contribution >= 0.6 is 0 Å². The summed E-state index contributed by atoms with van der Waals surface area (Å²) >= 11 is 0. The topological polar surface area (TPSA) is 57.7 Å². The number of amides is 3. The third-order valence-corrected chi connectivity index (χ3v) is 7.37. The lowest BCUT2D eigenvalue weighted by Crippen LogP contribution is -2.55. The molecule has 5 heteroatoms. The number of hydrogen-bond acceptors (Lipinski definition) is 3. The first-order valence-corrected chi connectivity index (χ1v) is 11.4. The first kappa shape index (κ1) is 20.4. The van der Waals surface area contributed by atoms with Crippen LogP contribution in [0.2, 0.25) is 0 Å². The predicted molar refractivity (Wildman–Crippen MR) is 112 cm³/mol. The monoisotopic (exact) mass is 398 g/mol. The van der Waals surface area contributed by atoms with Crippen LogP contribution in [-0.4, -0.2) is 46.7 Å². The maximum Gasteiger partial charge on any atom is 0.245 e. The van der Waals surface area contributed by atoms with Crippen molar-refractivity contribution in [3.8, 4) is 0 Å². The van der Waals surface area contributed by atoms with Gasteiger partial charge in [-0.25, -0.2) is 0 Å². The van der Waals surface area contributed by atoms with Crippen LogP contribution in [0.25, 0.3) is 0 Å². The molecular weight excluding hydrogens is 364 g/mol. The Morgan fingerprint density at radius 3 is 2.34 bits per heavy atom. The van der Waals surface area contributed by atoms with Crippen LogP contribution in [0, 0.1) is 23.2 Å². The number of hydrogen-bond donors (Lipinski definition) is 0. The molecule has 2 aliphatic heterocycles. The smallest absolute Gasteiger partial charge is 0.245 e. The van der Waals surface area contributed by atoms with E-state index in [-0.39, 0.29) is 40.9 Å². The lowest BCUT2D eigenvalue weighted by Gasteiger charge is -2.45. The van der Waals surface area contributed by atoms with Gasteiger partial charge in [0, 0.05) is 13.1 Å². The second-order valence-corrected chi connectivity index (χ2v) is 9.93. The van der Waals surface area contributed by atoms with Gasteiger partial charge in [0.05, 0.1) is 11.8 Å². The Balaban J connectivity index is 1.56. The van der Waals surface area contributed by atoms with E-state index >= 15 is 0 Å². The van der Waals surface area contributed by atoms with Crippen molar-refractivity contribution in [2.75, 3.05) is 13.1 Å². The average Bonchev–Trinajstić information content (AvgIpc) is 2.97. The number of imide groups is 1. The summed E-state index contributed by atoms with van der Waals surface area (Å²) in [6.45, 7) is 5.62. The zero-order valence-electron chi connectivity index (χ0n) is 17.8. The third kappa shape index (κ3) is 3.80. The van der Waals surface area contributed by atoms with Gasteiger partial charge in [-0.15, -0.1) is 0 Å². The minimum absolute atomic E-state index is 0.0133. The standard InChI is InChI=1S/C24H34N2O3/c1-17(2)15-20(26-21(27)18-9-4-5-10-19(18)22(26)28)23(29)25-14-8-13-24(16-25)11-6-3-7-12-24/h3-6,17-20H,7-16H2,1-2H3/t18-,19+,20-,24-/m1/s1. The number of carbonyl (C=O) groups is 3. The van der Waals surface area contributed by atoms with Crippen LogP contribution < -0.4 is 0 Å². The van der Waals surface area contributed by atoms with Crippen LogP contribution in [-0.2, 0) is 14.4 Å². The fourth-order valence-corrected chi connectivity index (χ4v) is 5.82. The van der Waals surface area contributed by atoms with Crippen LogP contribution in [0.4, 0.5) is 0 Å². The molecule has 3 amide bonds. The molecule has 0 aromatic heterocycles.